The van der Waals surface area contributed by atoms with Crippen LogP contribution in [0.15, 0.2) is 42.5 Å². The number of rotatable bonds is 7. The van der Waals surface area contributed by atoms with Crippen LogP contribution >= 0.6 is 0 Å². The fourth-order valence-electron chi connectivity index (χ4n) is 2.56. The summed E-state index contributed by atoms with van der Waals surface area (Å²) in [5, 5.41) is 3.05. The molecule has 0 aliphatic rings. The smallest absolute Gasteiger partial charge is 0.259 e. The summed E-state index contributed by atoms with van der Waals surface area (Å²) in [6.07, 6.45) is 0.759. The van der Waals surface area contributed by atoms with E-state index in [0.29, 0.717) is 17.1 Å². The number of amides is 1. The number of carbonyl (C=O) groups is 1. The molecule has 2 aromatic rings. The van der Waals surface area contributed by atoms with E-state index in [1.54, 1.807) is 25.3 Å². The SMILES string of the molecule is CCC(NC(=O)c1c(OC)cccc1OC)c1ccc(OC)cc1. The normalized spacial score (nSPS) is 11.5. The average molecular weight is 329 g/mol. The van der Waals surface area contributed by atoms with Crippen LogP contribution in [0.4, 0.5) is 0 Å². The van der Waals surface area contributed by atoms with Crippen molar-refractivity contribution in [3.05, 3.63) is 53.6 Å². The van der Waals surface area contributed by atoms with Crippen LogP contribution in [-0.4, -0.2) is 27.2 Å². The molecule has 1 unspecified atom stereocenters. The van der Waals surface area contributed by atoms with Crippen molar-refractivity contribution in [1.29, 1.82) is 0 Å². The Morgan fingerprint density at radius 3 is 2.00 bits per heavy atom. The van der Waals surface area contributed by atoms with Crippen molar-refractivity contribution in [2.75, 3.05) is 21.3 Å². The molecule has 0 aliphatic heterocycles. The zero-order valence-corrected chi connectivity index (χ0v) is 14.5. The lowest BCUT2D eigenvalue weighted by Gasteiger charge is -2.20. The summed E-state index contributed by atoms with van der Waals surface area (Å²) in [6, 6.07) is 12.8. The van der Waals surface area contributed by atoms with Gasteiger partial charge < -0.3 is 19.5 Å². The average Bonchev–Trinajstić information content (AvgIpc) is 2.65. The molecule has 0 spiro atoms. The Hall–Kier alpha value is -2.69. The molecule has 5 nitrogen and oxygen atoms in total. The van der Waals surface area contributed by atoms with E-state index in [0.717, 1.165) is 17.7 Å². The predicted molar refractivity (Wildman–Crippen MR) is 93.0 cm³/mol. The van der Waals surface area contributed by atoms with Gasteiger partial charge in [-0.1, -0.05) is 25.1 Å². The lowest BCUT2D eigenvalue weighted by molar-refractivity contribution is 0.0929. The summed E-state index contributed by atoms with van der Waals surface area (Å²) >= 11 is 0. The van der Waals surface area contributed by atoms with E-state index in [1.165, 1.54) is 14.2 Å². The second-order valence-corrected chi connectivity index (χ2v) is 5.24. The summed E-state index contributed by atoms with van der Waals surface area (Å²) in [5.41, 5.74) is 1.41. The molecule has 0 radical (unpaired) electrons. The Balaban J connectivity index is 2.26. The summed E-state index contributed by atoms with van der Waals surface area (Å²) in [7, 11) is 4.70. The number of benzene rings is 2. The molecule has 5 heteroatoms. The van der Waals surface area contributed by atoms with Gasteiger partial charge in [-0.2, -0.15) is 0 Å². The molecule has 0 heterocycles. The van der Waals surface area contributed by atoms with E-state index in [1.807, 2.05) is 31.2 Å². The van der Waals surface area contributed by atoms with Gasteiger partial charge in [0.25, 0.3) is 5.91 Å². The van der Waals surface area contributed by atoms with Gasteiger partial charge >= 0.3 is 0 Å². The number of ether oxygens (including phenoxy) is 3. The number of hydrogen-bond donors (Lipinski definition) is 1. The third-order valence-corrected chi connectivity index (χ3v) is 3.89. The van der Waals surface area contributed by atoms with Crippen LogP contribution in [0.2, 0.25) is 0 Å². The van der Waals surface area contributed by atoms with Gasteiger partial charge in [0, 0.05) is 0 Å². The molecule has 1 amide bonds. The first kappa shape index (κ1) is 17.7. The maximum absolute atomic E-state index is 12.8. The van der Waals surface area contributed by atoms with E-state index in [2.05, 4.69) is 5.32 Å². The molecule has 0 saturated carbocycles. The van der Waals surface area contributed by atoms with Crippen molar-refractivity contribution < 1.29 is 19.0 Å². The topological polar surface area (TPSA) is 56.8 Å². The summed E-state index contributed by atoms with van der Waals surface area (Å²) in [4.78, 5) is 12.8. The van der Waals surface area contributed by atoms with Crippen LogP contribution in [0.3, 0.4) is 0 Å². The fourth-order valence-corrected chi connectivity index (χ4v) is 2.56. The number of methoxy groups -OCH3 is 3. The highest BCUT2D eigenvalue weighted by Crippen LogP contribution is 2.29. The second-order valence-electron chi connectivity index (χ2n) is 5.24. The highest BCUT2D eigenvalue weighted by atomic mass is 16.5. The molecule has 0 fully saturated rings. The van der Waals surface area contributed by atoms with E-state index in [-0.39, 0.29) is 11.9 Å². The van der Waals surface area contributed by atoms with E-state index >= 15 is 0 Å². The van der Waals surface area contributed by atoms with E-state index < -0.39 is 0 Å². The van der Waals surface area contributed by atoms with Crippen LogP contribution in [-0.2, 0) is 0 Å². The molecule has 0 bridgehead atoms. The first-order chi connectivity index (χ1) is 11.6. The van der Waals surface area contributed by atoms with Gasteiger partial charge in [0.2, 0.25) is 0 Å². The Labute approximate surface area is 142 Å². The van der Waals surface area contributed by atoms with Crippen LogP contribution < -0.4 is 19.5 Å². The quantitative estimate of drug-likeness (QED) is 0.843. The van der Waals surface area contributed by atoms with Crippen molar-refractivity contribution in [3.63, 3.8) is 0 Å². The lowest BCUT2D eigenvalue weighted by atomic mass is 10.0. The van der Waals surface area contributed by atoms with Crippen LogP contribution in [0, 0.1) is 0 Å². The number of hydrogen-bond acceptors (Lipinski definition) is 4. The standard InChI is InChI=1S/C19H23NO4/c1-5-15(13-9-11-14(22-2)12-10-13)20-19(21)18-16(23-3)7-6-8-17(18)24-4/h6-12,15H,5H2,1-4H3,(H,20,21). The van der Waals surface area contributed by atoms with E-state index in [4.69, 9.17) is 14.2 Å². The van der Waals surface area contributed by atoms with Crippen LogP contribution in [0.1, 0.15) is 35.3 Å². The Bertz CT molecular complexity index is 660. The van der Waals surface area contributed by atoms with Gasteiger partial charge in [0.15, 0.2) is 0 Å². The minimum atomic E-state index is -0.230. The first-order valence-corrected chi connectivity index (χ1v) is 7.80. The molecule has 24 heavy (non-hydrogen) atoms. The predicted octanol–water partition coefficient (Wildman–Crippen LogP) is 3.59. The molecular formula is C19H23NO4. The maximum atomic E-state index is 12.8. The monoisotopic (exact) mass is 329 g/mol. The molecule has 2 rings (SSSR count). The summed E-state index contributed by atoms with van der Waals surface area (Å²) in [6.45, 7) is 2.02. The van der Waals surface area contributed by atoms with Crippen molar-refractivity contribution in [2.24, 2.45) is 0 Å². The molecule has 0 aliphatic carbocycles. The second kappa shape index (κ2) is 8.24. The van der Waals surface area contributed by atoms with Gasteiger partial charge in [0.1, 0.15) is 22.8 Å². The van der Waals surface area contributed by atoms with Crippen molar-refractivity contribution in [3.8, 4) is 17.2 Å². The largest absolute Gasteiger partial charge is 0.497 e. The van der Waals surface area contributed by atoms with Gasteiger partial charge in [-0.15, -0.1) is 0 Å². The fraction of sp³-hybridized carbons (Fsp3) is 0.316. The van der Waals surface area contributed by atoms with Crippen molar-refractivity contribution >= 4 is 5.91 Å². The lowest BCUT2D eigenvalue weighted by Crippen LogP contribution is -2.28. The highest BCUT2D eigenvalue weighted by Gasteiger charge is 2.21. The van der Waals surface area contributed by atoms with Gasteiger partial charge in [0.05, 0.1) is 27.4 Å². The number of carbonyl (C=O) groups excluding carboxylic acids is 1. The summed E-state index contributed by atoms with van der Waals surface area (Å²) in [5.74, 6) is 1.52. The van der Waals surface area contributed by atoms with Crippen LogP contribution in [0.25, 0.3) is 0 Å². The zero-order valence-electron chi connectivity index (χ0n) is 14.5. The van der Waals surface area contributed by atoms with Gasteiger partial charge in [-0.3, -0.25) is 4.79 Å². The molecule has 2 aromatic carbocycles. The first-order valence-electron chi connectivity index (χ1n) is 7.80. The minimum absolute atomic E-state index is 0.113. The Morgan fingerprint density at radius 2 is 1.54 bits per heavy atom. The van der Waals surface area contributed by atoms with Gasteiger partial charge in [-0.05, 0) is 36.2 Å². The third-order valence-electron chi connectivity index (χ3n) is 3.89. The number of nitrogens with one attached hydrogen (secondary N) is 1. The third kappa shape index (κ3) is 3.79. The molecule has 0 saturated heterocycles. The highest BCUT2D eigenvalue weighted by molar-refractivity contribution is 6.00. The molecule has 1 atom stereocenters. The zero-order chi connectivity index (χ0) is 17.5. The molecule has 1 N–H and O–H groups in total. The van der Waals surface area contributed by atoms with Crippen molar-refractivity contribution in [1.82, 2.24) is 5.32 Å². The van der Waals surface area contributed by atoms with Gasteiger partial charge in [-0.25, -0.2) is 0 Å². The Kier molecular flexibility index (Phi) is 6.07. The van der Waals surface area contributed by atoms with E-state index in [9.17, 15) is 4.79 Å². The maximum Gasteiger partial charge on any atom is 0.259 e. The summed E-state index contributed by atoms with van der Waals surface area (Å²) < 4.78 is 15.8. The Morgan fingerprint density at radius 1 is 0.958 bits per heavy atom. The minimum Gasteiger partial charge on any atom is -0.497 e. The van der Waals surface area contributed by atoms with Crippen molar-refractivity contribution in [2.45, 2.75) is 19.4 Å². The molecular weight excluding hydrogens is 306 g/mol. The molecule has 0 aromatic heterocycles. The van der Waals surface area contributed by atoms with Crippen LogP contribution in [0.5, 0.6) is 17.2 Å². The molecule has 128 valence electrons.